The highest BCUT2D eigenvalue weighted by molar-refractivity contribution is 9.10. The minimum Gasteiger partial charge on any atom is -0.507 e. The summed E-state index contributed by atoms with van der Waals surface area (Å²) in [4.78, 5) is 14.4. The number of aromatic hydroxyl groups is 1. The monoisotopic (exact) mass is 403 g/mol. The van der Waals surface area contributed by atoms with Gasteiger partial charge in [-0.25, -0.2) is 0 Å². The van der Waals surface area contributed by atoms with Crippen LogP contribution in [0.25, 0.3) is 0 Å². The molecule has 132 valence electrons. The molecule has 0 radical (unpaired) electrons. The van der Waals surface area contributed by atoms with Crippen molar-refractivity contribution in [2.45, 2.75) is 32.8 Å². The van der Waals surface area contributed by atoms with Crippen LogP contribution in [0, 0.1) is 13.8 Å². The van der Waals surface area contributed by atoms with E-state index < -0.39 is 0 Å². The molecule has 1 saturated heterocycles. The fraction of sp³-hybridized carbons (Fsp3) is 0.350. The average Bonchev–Trinajstić information content (AvgIpc) is 2.58. The maximum absolute atomic E-state index is 12.6. The van der Waals surface area contributed by atoms with Gasteiger partial charge in [0.2, 0.25) is 0 Å². The van der Waals surface area contributed by atoms with E-state index in [1.54, 1.807) is 23.1 Å². The number of phenols is 1. The topological polar surface area (TPSA) is 49.8 Å². The Morgan fingerprint density at radius 1 is 1.16 bits per heavy atom. The molecule has 1 aliphatic heterocycles. The summed E-state index contributed by atoms with van der Waals surface area (Å²) in [5, 5.41) is 9.99. The van der Waals surface area contributed by atoms with Gasteiger partial charge in [0.1, 0.15) is 17.6 Å². The van der Waals surface area contributed by atoms with Gasteiger partial charge < -0.3 is 14.7 Å². The van der Waals surface area contributed by atoms with Gasteiger partial charge >= 0.3 is 0 Å². The van der Waals surface area contributed by atoms with Crippen molar-refractivity contribution in [3.63, 3.8) is 0 Å². The zero-order chi connectivity index (χ0) is 18.0. The molecule has 0 atom stereocenters. The predicted molar refractivity (Wildman–Crippen MR) is 101 cm³/mol. The highest BCUT2D eigenvalue weighted by atomic mass is 79.9. The Morgan fingerprint density at radius 2 is 1.88 bits per heavy atom. The van der Waals surface area contributed by atoms with E-state index in [9.17, 15) is 9.90 Å². The first kappa shape index (κ1) is 17.8. The summed E-state index contributed by atoms with van der Waals surface area (Å²) in [5.41, 5.74) is 2.65. The molecule has 3 rings (SSSR count). The number of piperidine rings is 1. The summed E-state index contributed by atoms with van der Waals surface area (Å²) in [7, 11) is 0. The van der Waals surface area contributed by atoms with Crippen molar-refractivity contribution in [1.82, 2.24) is 4.90 Å². The Kier molecular flexibility index (Phi) is 5.33. The zero-order valence-corrected chi connectivity index (χ0v) is 16.0. The molecular weight excluding hydrogens is 382 g/mol. The van der Waals surface area contributed by atoms with Crippen LogP contribution in [0.5, 0.6) is 11.5 Å². The van der Waals surface area contributed by atoms with Gasteiger partial charge in [-0.3, -0.25) is 4.79 Å². The van der Waals surface area contributed by atoms with Crippen molar-refractivity contribution in [3.8, 4) is 11.5 Å². The lowest BCUT2D eigenvalue weighted by Gasteiger charge is -2.32. The molecule has 1 fully saturated rings. The van der Waals surface area contributed by atoms with Crippen LogP contribution in [0.3, 0.4) is 0 Å². The SMILES string of the molecule is Cc1ccc(C)c(OC2CCN(C(=O)c3ccc(Br)cc3O)CC2)c1. The smallest absolute Gasteiger partial charge is 0.257 e. The highest BCUT2D eigenvalue weighted by Crippen LogP contribution is 2.27. The van der Waals surface area contributed by atoms with Crippen molar-refractivity contribution in [3.05, 3.63) is 57.6 Å². The molecule has 1 heterocycles. The van der Waals surface area contributed by atoms with Gasteiger partial charge in [0.15, 0.2) is 0 Å². The number of likely N-dealkylation sites (tertiary alicyclic amines) is 1. The first-order chi connectivity index (χ1) is 11.9. The van der Waals surface area contributed by atoms with Crippen LogP contribution in [0.1, 0.15) is 34.3 Å². The number of rotatable bonds is 3. The zero-order valence-electron chi connectivity index (χ0n) is 14.5. The molecule has 2 aromatic rings. The second-order valence-corrected chi connectivity index (χ2v) is 7.46. The number of halogens is 1. The lowest BCUT2D eigenvalue weighted by Crippen LogP contribution is -2.41. The van der Waals surface area contributed by atoms with Crippen LogP contribution in [0.2, 0.25) is 0 Å². The van der Waals surface area contributed by atoms with Crippen molar-refractivity contribution >= 4 is 21.8 Å². The standard InChI is InChI=1S/C20H22BrNO3/c1-13-3-4-14(2)19(11-13)25-16-7-9-22(10-8-16)20(24)17-6-5-15(21)12-18(17)23/h3-6,11-12,16,23H,7-10H2,1-2H3. The Hall–Kier alpha value is -2.01. The number of phenolic OH excluding ortho intramolecular Hbond substituents is 1. The molecule has 4 nitrogen and oxygen atoms in total. The van der Waals surface area contributed by atoms with Crippen LogP contribution < -0.4 is 4.74 Å². The van der Waals surface area contributed by atoms with E-state index in [1.165, 1.54) is 5.56 Å². The van der Waals surface area contributed by atoms with Gasteiger partial charge in [0.25, 0.3) is 5.91 Å². The van der Waals surface area contributed by atoms with Gasteiger partial charge in [0, 0.05) is 30.4 Å². The second kappa shape index (κ2) is 7.48. The number of aryl methyl sites for hydroxylation is 2. The van der Waals surface area contributed by atoms with Crippen LogP contribution in [0.15, 0.2) is 40.9 Å². The normalized spacial score (nSPS) is 15.2. The maximum Gasteiger partial charge on any atom is 0.257 e. The third-order valence-corrected chi connectivity index (χ3v) is 5.05. The van der Waals surface area contributed by atoms with Gasteiger partial charge in [-0.05, 0) is 49.2 Å². The van der Waals surface area contributed by atoms with Gasteiger partial charge in [0.05, 0.1) is 5.56 Å². The fourth-order valence-corrected chi connectivity index (χ4v) is 3.40. The predicted octanol–water partition coefficient (Wildman–Crippen LogP) is 4.46. The van der Waals surface area contributed by atoms with Gasteiger partial charge in [-0.15, -0.1) is 0 Å². The number of hydrogen-bond acceptors (Lipinski definition) is 3. The van der Waals surface area contributed by atoms with Crippen LogP contribution in [-0.2, 0) is 0 Å². The summed E-state index contributed by atoms with van der Waals surface area (Å²) >= 11 is 3.29. The largest absolute Gasteiger partial charge is 0.507 e. The Morgan fingerprint density at radius 3 is 2.56 bits per heavy atom. The van der Waals surface area contributed by atoms with Crippen molar-refractivity contribution < 1.29 is 14.6 Å². The summed E-state index contributed by atoms with van der Waals surface area (Å²) in [6, 6.07) is 11.2. The van der Waals surface area contributed by atoms with E-state index in [-0.39, 0.29) is 17.8 Å². The van der Waals surface area contributed by atoms with Crippen LogP contribution in [0.4, 0.5) is 0 Å². The van der Waals surface area contributed by atoms with E-state index in [4.69, 9.17) is 4.74 Å². The quantitative estimate of drug-likeness (QED) is 0.822. The van der Waals surface area contributed by atoms with Crippen LogP contribution in [-0.4, -0.2) is 35.1 Å². The first-order valence-corrected chi connectivity index (χ1v) is 9.25. The molecule has 0 unspecified atom stereocenters. The Balaban J connectivity index is 1.61. The van der Waals surface area contributed by atoms with E-state index in [0.29, 0.717) is 18.7 Å². The molecular formula is C20H22BrNO3. The average molecular weight is 404 g/mol. The summed E-state index contributed by atoms with van der Waals surface area (Å²) in [6.45, 7) is 5.36. The van der Waals surface area contributed by atoms with E-state index in [0.717, 1.165) is 28.6 Å². The molecule has 1 amide bonds. The molecule has 0 aliphatic carbocycles. The van der Waals surface area contributed by atoms with Crippen molar-refractivity contribution in [1.29, 1.82) is 0 Å². The summed E-state index contributed by atoms with van der Waals surface area (Å²) in [6.07, 6.45) is 1.69. The molecule has 25 heavy (non-hydrogen) atoms. The third kappa shape index (κ3) is 4.15. The molecule has 1 N–H and O–H groups in total. The lowest BCUT2D eigenvalue weighted by molar-refractivity contribution is 0.0591. The van der Waals surface area contributed by atoms with E-state index in [2.05, 4.69) is 41.1 Å². The Bertz CT molecular complexity index is 783. The van der Waals surface area contributed by atoms with E-state index in [1.807, 2.05) is 6.92 Å². The second-order valence-electron chi connectivity index (χ2n) is 6.54. The minimum absolute atomic E-state index is 0.00753. The summed E-state index contributed by atoms with van der Waals surface area (Å²) in [5.74, 6) is 0.804. The van der Waals surface area contributed by atoms with Crippen molar-refractivity contribution in [2.24, 2.45) is 0 Å². The number of amides is 1. The number of ether oxygens (including phenoxy) is 1. The fourth-order valence-electron chi connectivity index (χ4n) is 3.05. The number of nitrogens with zero attached hydrogens (tertiary/aromatic N) is 1. The summed E-state index contributed by atoms with van der Waals surface area (Å²) < 4.78 is 6.90. The number of hydrogen-bond donors (Lipinski definition) is 1. The minimum atomic E-state index is -0.129. The molecule has 0 spiro atoms. The first-order valence-electron chi connectivity index (χ1n) is 8.46. The number of benzene rings is 2. The number of carbonyl (C=O) groups excluding carboxylic acids is 1. The van der Waals surface area contributed by atoms with Crippen LogP contribution >= 0.6 is 15.9 Å². The van der Waals surface area contributed by atoms with E-state index >= 15 is 0 Å². The maximum atomic E-state index is 12.6. The third-order valence-electron chi connectivity index (χ3n) is 4.56. The van der Waals surface area contributed by atoms with Gasteiger partial charge in [-0.2, -0.15) is 0 Å². The lowest BCUT2D eigenvalue weighted by atomic mass is 10.1. The molecule has 2 aromatic carbocycles. The van der Waals surface area contributed by atoms with Gasteiger partial charge in [-0.1, -0.05) is 28.1 Å². The highest BCUT2D eigenvalue weighted by Gasteiger charge is 2.26. The van der Waals surface area contributed by atoms with Crippen molar-refractivity contribution in [2.75, 3.05) is 13.1 Å². The molecule has 1 aliphatic rings. The molecule has 0 saturated carbocycles. The molecule has 0 aromatic heterocycles. The Labute approximate surface area is 156 Å². The molecule has 5 heteroatoms. The number of carbonyl (C=O) groups is 1. The molecule has 0 bridgehead atoms.